The predicted molar refractivity (Wildman–Crippen MR) is 153 cm³/mol. The van der Waals surface area contributed by atoms with Crippen LogP contribution in [0.15, 0.2) is 42.5 Å². The number of aromatic nitrogens is 3. The van der Waals surface area contributed by atoms with Gasteiger partial charge in [0, 0.05) is 36.1 Å². The Bertz CT molecular complexity index is 1310. The lowest BCUT2D eigenvalue weighted by Crippen LogP contribution is -2.14. The number of benzene rings is 2. The van der Waals surface area contributed by atoms with E-state index >= 15 is 0 Å². The Morgan fingerprint density at radius 3 is 2.49 bits per heavy atom. The second-order valence-electron chi connectivity index (χ2n) is 11.5. The van der Waals surface area contributed by atoms with Crippen LogP contribution >= 0.6 is 11.6 Å². The van der Waals surface area contributed by atoms with Crippen LogP contribution in [0.5, 0.6) is 0 Å². The summed E-state index contributed by atoms with van der Waals surface area (Å²) in [6.45, 7) is 1.96. The van der Waals surface area contributed by atoms with Gasteiger partial charge in [-0.3, -0.25) is 9.59 Å². The summed E-state index contributed by atoms with van der Waals surface area (Å²) in [5.74, 6) is 0.0667. The smallest absolute Gasteiger partial charge is 0.303 e. The first-order valence-corrected chi connectivity index (χ1v) is 14.8. The molecule has 0 spiro atoms. The second kappa shape index (κ2) is 12.5. The van der Waals surface area contributed by atoms with Gasteiger partial charge in [-0.1, -0.05) is 66.8 Å². The summed E-state index contributed by atoms with van der Waals surface area (Å²) in [6, 6.07) is 14.3. The molecular formula is C32H38ClN3O3. The molecule has 2 aliphatic rings. The fourth-order valence-corrected chi connectivity index (χ4v) is 6.29. The van der Waals surface area contributed by atoms with E-state index in [4.69, 9.17) is 11.6 Å². The fourth-order valence-electron chi connectivity index (χ4n) is 5.98. The van der Waals surface area contributed by atoms with Gasteiger partial charge in [0.05, 0.1) is 17.1 Å². The highest BCUT2D eigenvalue weighted by atomic mass is 35.5. The van der Waals surface area contributed by atoms with E-state index in [2.05, 4.69) is 34.6 Å². The topological polar surface area (TPSA) is 85.1 Å². The van der Waals surface area contributed by atoms with Crippen LogP contribution in [0.25, 0.3) is 5.69 Å². The van der Waals surface area contributed by atoms with E-state index in [0.29, 0.717) is 17.4 Å². The third-order valence-corrected chi connectivity index (χ3v) is 8.71. The van der Waals surface area contributed by atoms with Gasteiger partial charge in [-0.05, 0) is 79.8 Å². The number of carbonyl (C=O) groups is 2. The molecule has 206 valence electrons. The minimum atomic E-state index is -0.873. The van der Waals surface area contributed by atoms with Crippen LogP contribution in [0.4, 0.5) is 0 Å². The number of hydrogen-bond acceptors (Lipinski definition) is 4. The first-order valence-electron chi connectivity index (χ1n) is 14.4. The van der Waals surface area contributed by atoms with Crippen molar-refractivity contribution >= 4 is 23.4 Å². The first-order chi connectivity index (χ1) is 18.9. The highest BCUT2D eigenvalue weighted by molar-refractivity contribution is 6.31. The van der Waals surface area contributed by atoms with Crippen molar-refractivity contribution in [1.29, 1.82) is 0 Å². The normalized spacial score (nSPS) is 16.5. The van der Waals surface area contributed by atoms with Gasteiger partial charge in [0.25, 0.3) is 0 Å². The quantitative estimate of drug-likeness (QED) is 0.241. The van der Waals surface area contributed by atoms with Crippen molar-refractivity contribution in [2.45, 2.75) is 95.8 Å². The van der Waals surface area contributed by atoms with Crippen molar-refractivity contribution in [2.75, 3.05) is 0 Å². The summed E-state index contributed by atoms with van der Waals surface area (Å²) in [5.41, 5.74) is 5.96. The molecule has 1 N–H and O–H groups in total. The maximum atomic E-state index is 13.2. The van der Waals surface area contributed by atoms with Crippen LogP contribution in [0.2, 0.25) is 5.02 Å². The van der Waals surface area contributed by atoms with Crippen LogP contribution in [0, 0.1) is 12.8 Å². The molecule has 2 aliphatic carbocycles. The molecule has 2 aromatic carbocycles. The van der Waals surface area contributed by atoms with Gasteiger partial charge in [-0.15, -0.1) is 5.10 Å². The van der Waals surface area contributed by atoms with Crippen molar-refractivity contribution in [2.24, 2.45) is 5.92 Å². The Morgan fingerprint density at radius 2 is 1.82 bits per heavy atom. The monoisotopic (exact) mass is 547 g/mol. The molecule has 1 aromatic heterocycles. The minimum absolute atomic E-state index is 0.0180. The third kappa shape index (κ3) is 7.16. The first kappa shape index (κ1) is 27.6. The minimum Gasteiger partial charge on any atom is -0.481 e. The zero-order chi connectivity index (χ0) is 27.4. The lowest BCUT2D eigenvalue weighted by molar-refractivity contribution is -0.137. The number of halogens is 1. The summed E-state index contributed by atoms with van der Waals surface area (Å²) < 4.78 is 1.92. The number of carboxylic acids is 1. The van der Waals surface area contributed by atoms with Crippen LogP contribution < -0.4 is 0 Å². The summed E-state index contributed by atoms with van der Waals surface area (Å²) in [6.07, 6.45) is 10.7. The molecule has 6 nitrogen and oxygen atoms in total. The van der Waals surface area contributed by atoms with Gasteiger partial charge in [0.15, 0.2) is 0 Å². The Balaban J connectivity index is 1.34. The number of Topliss-reactive ketones (excluding diaryl/α,β-unsaturated/α-hetero) is 1. The standard InChI is InChI=1S/C32H38ClN3O3/c1-21-6-11-25(29(33)18-21)19-28(37)20-26(14-17-30(38)39)31-32(24-12-13-24)36(35-34-31)27-15-9-23(10-16-27)8-7-22-4-2-3-5-22/h6,9-11,15-16,18,22,24,26H,2-5,7-8,12-14,17,19-20H2,1H3,(H,38,39)/t26-/m0/s1. The zero-order valence-electron chi connectivity index (χ0n) is 22.7. The number of carboxylic acid groups (broad SMARTS) is 1. The molecule has 1 atom stereocenters. The molecule has 5 rings (SSSR count). The molecule has 0 radical (unpaired) electrons. The average Bonchev–Trinajstić information content (AvgIpc) is 3.42. The number of ketones is 1. The van der Waals surface area contributed by atoms with Crippen molar-refractivity contribution in [1.82, 2.24) is 15.0 Å². The van der Waals surface area contributed by atoms with Gasteiger partial charge in [0.2, 0.25) is 0 Å². The van der Waals surface area contributed by atoms with Crippen molar-refractivity contribution in [3.8, 4) is 5.69 Å². The Morgan fingerprint density at radius 1 is 1.08 bits per heavy atom. The molecule has 0 bridgehead atoms. The Hall–Kier alpha value is -2.99. The lowest BCUT2D eigenvalue weighted by Gasteiger charge is -2.16. The summed E-state index contributed by atoms with van der Waals surface area (Å²) >= 11 is 6.38. The molecule has 2 fully saturated rings. The van der Waals surface area contributed by atoms with Crippen LogP contribution in [0.3, 0.4) is 0 Å². The maximum Gasteiger partial charge on any atom is 0.303 e. The third-order valence-electron chi connectivity index (χ3n) is 8.36. The predicted octanol–water partition coefficient (Wildman–Crippen LogP) is 7.38. The molecule has 0 saturated heterocycles. The maximum absolute atomic E-state index is 13.2. The summed E-state index contributed by atoms with van der Waals surface area (Å²) in [7, 11) is 0. The van der Waals surface area contributed by atoms with Gasteiger partial charge in [0.1, 0.15) is 5.78 Å². The number of rotatable bonds is 13. The van der Waals surface area contributed by atoms with Crippen LogP contribution in [-0.2, 0) is 22.4 Å². The van der Waals surface area contributed by atoms with E-state index in [1.807, 2.05) is 29.8 Å². The van der Waals surface area contributed by atoms with E-state index in [-0.39, 0.29) is 31.0 Å². The number of carbonyl (C=O) groups excluding carboxylic acids is 1. The van der Waals surface area contributed by atoms with Gasteiger partial charge >= 0.3 is 5.97 Å². The van der Waals surface area contributed by atoms with E-state index in [1.165, 1.54) is 37.7 Å². The number of aliphatic carboxylic acids is 1. The molecule has 39 heavy (non-hydrogen) atoms. The van der Waals surface area contributed by atoms with E-state index in [9.17, 15) is 14.7 Å². The van der Waals surface area contributed by atoms with Crippen LogP contribution in [-0.4, -0.2) is 31.9 Å². The van der Waals surface area contributed by atoms with Gasteiger partial charge in [-0.25, -0.2) is 4.68 Å². The average molecular weight is 548 g/mol. The van der Waals surface area contributed by atoms with E-state index < -0.39 is 5.97 Å². The molecule has 2 saturated carbocycles. The van der Waals surface area contributed by atoms with Crippen molar-refractivity contribution in [3.63, 3.8) is 0 Å². The molecular weight excluding hydrogens is 510 g/mol. The van der Waals surface area contributed by atoms with Gasteiger partial charge < -0.3 is 5.11 Å². The summed E-state index contributed by atoms with van der Waals surface area (Å²) in [5, 5.41) is 19.1. The second-order valence-corrected chi connectivity index (χ2v) is 12.0. The summed E-state index contributed by atoms with van der Waals surface area (Å²) in [4.78, 5) is 24.7. The SMILES string of the molecule is Cc1ccc(CC(=O)C[C@H](CCC(=O)O)c2nnn(-c3ccc(CCC4CCCC4)cc3)c2C2CC2)c(Cl)c1. The molecule has 0 aliphatic heterocycles. The Labute approximate surface area is 235 Å². The molecule has 1 heterocycles. The lowest BCUT2D eigenvalue weighted by atomic mass is 9.89. The van der Waals surface area contributed by atoms with Crippen molar-refractivity contribution in [3.05, 3.63) is 75.6 Å². The molecule has 7 heteroatoms. The molecule has 0 unspecified atom stereocenters. The Kier molecular flexibility index (Phi) is 8.81. The molecule has 0 amide bonds. The molecule has 3 aromatic rings. The number of nitrogens with zero attached hydrogens (tertiary/aromatic N) is 3. The largest absolute Gasteiger partial charge is 0.481 e. The number of hydrogen-bond donors (Lipinski definition) is 1. The zero-order valence-corrected chi connectivity index (χ0v) is 23.5. The number of aryl methyl sites for hydroxylation is 2. The van der Waals surface area contributed by atoms with E-state index in [1.54, 1.807) is 0 Å². The highest BCUT2D eigenvalue weighted by Gasteiger charge is 2.35. The van der Waals surface area contributed by atoms with Crippen LogP contribution in [0.1, 0.15) is 104 Å². The fraction of sp³-hybridized carbons (Fsp3) is 0.500. The van der Waals surface area contributed by atoms with Crippen molar-refractivity contribution < 1.29 is 14.7 Å². The van der Waals surface area contributed by atoms with E-state index in [0.717, 1.165) is 53.4 Å². The van der Waals surface area contributed by atoms with Gasteiger partial charge in [-0.2, -0.15) is 0 Å². The highest BCUT2D eigenvalue weighted by Crippen LogP contribution is 2.44.